The van der Waals surface area contributed by atoms with Gasteiger partial charge in [-0.2, -0.15) is 0 Å². The molecular formula is C82H77IrN6. The number of hydrogen-bond acceptors (Lipinski definition) is 6. The molecule has 0 saturated carbocycles. The Morgan fingerprint density at radius 3 is 0.910 bits per heavy atom. The van der Waals surface area contributed by atoms with Gasteiger partial charge in [0.05, 0.1) is 0 Å². The average Bonchev–Trinajstić information content (AvgIpc) is 2.74. The van der Waals surface area contributed by atoms with Gasteiger partial charge in [-0.15, -0.1) is 102 Å². The summed E-state index contributed by atoms with van der Waals surface area (Å²) in [6.07, 6.45) is 5.43. The van der Waals surface area contributed by atoms with Crippen LogP contribution in [0.25, 0.3) is 101 Å². The fraction of sp³-hybridized carbons (Fsp3) is 0.195. The van der Waals surface area contributed by atoms with Crippen LogP contribution >= 0.6 is 0 Å². The summed E-state index contributed by atoms with van der Waals surface area (Å²) in [6, 6.07) is 89.7. The van der Waals surface area contributed by atoms with Crippen molar-refractivity contribution >= 4 is 0 Å². The van der Waals surface area contributed by atoms with Crippen LogP contribution in [-0.2, 0) is 41.8 Å². The Balaban J connectivity index is 0.000000308. The summed E-state index contributed by atoms with van der Waals surface area (Å²) in [6.45, 7) is 26.9. The molecule has 0 radical (unpaired) electrons. The zero-order chi connectivity index (χ0) is 62.1. The summed E-state index contributed by atoms with van der Waals surface area (Å²) in [4.78, 5) is 28.4. The molecule has 12 rings (SSSR count). The van der Waals surface area contributed by atoms with Gasteiger partial charge in [0.25, 0.3) is 0 Å². The molecule has 6 nitrogen and oxygen atoms in total. The molecule has 0 spiro atoms. The molecular weight excluding hydrogens is 1260 g/mol. The van der Waals surface area contributed by atoms with E-state index in [-0.39, 0.29) is 41.8 Å². The predicted molar refractivity (Wildman–Crippen MR) is 366 cm³/mol. The molecule has 0 aliphatic carbocycles. The minimum Gasteiger partial charge on any atom is -0.305 e. The minimum atomic E-state index is 0. The van der Waals surface area contributed by atoms with Gasteiger partial charge in [0, 0.05) is 35.3 Å². The minimum absolute atomic E-state index is 0. The molecule has 444 valence electrons. The summed E-state index contributed by atoms with van der Waals surface area (Å²) in [5, 5.41) is 0. The largest absolute Gasteiger partial charge is 3.00 e. The van der Waals surface area contributed by atoms with Gasteiger partial charge in [-0.05, 0) is 101 Å². The van der Waals surface area contributed by atoms with E-state index in [9.17, 15) is 0 Å². The Morgan fingerprint density at radius 1 is 0.270 bits per heavy atom. The van der Waals surface area contributed by atoms with Gasteiger partial charge in [0.15, 0.2) is 17.5 Å². The van der Waals surface area contributed by atoms with Crippen molar-refractivity contribution in [3.8, 4) is 101 Å². The van der Waals surface area contributed by atoms with Crippen molar-refractivity contribution in [3.63, 3.8) is 0 Å². The maximum atomic E-state index is 5.01. The Bertz CT molecular complexity index is 3680. The van der Waals surface area contributed by atoms with Crippen LogP contribution in [0.4, 0.5) is 0 Å². The standard InChI is InChI=1S/C60H61N4.2C11H8N.Ir/c1-57(2,3)49-26-17-40(18-27-49)47-35-46(36-48(37-47)41-19-28-50(29-20-41)58(4,5)6)39-13-15-42(16-14-39)53-34-25-45(38-61-53)56-63-54(43-21-30-51(31-22-43)59(7,8)9)62-55(64-56)44-23-32-52(33-24-44)60(10,11)12;2*1-2-6-10(7-3-1)11-8-4-5-9-12-11;/h13-15,17-38H,1-12H3;2*1-6,8-9H;/q3*-1;+3. The first-order valence-corrected chi connectivity index (χ1v) is 30.2. The van der Waals surface area contributed by atoms with Crippen molar-refractivity contribution in [1.82, 2.24) is 29.9 Å². The smallest absolute Gasteiger partial charge is 0.305 e. The molecule has 8 aromatic carbocycles. The second kappa shape index (κ2) is 27.9. The zero-order valence-corrected chi connectivity index (χ0v) is 55.6. The number of benzene rings is 8. The second-order valence-electron chi connectivity index (χ2n) is 26.3. The van der Waals surface area contributed by atoms with Crippen molar-refractivity contribution in [2.45, 2.75) is 105 Å². The van der Waals surface area contributed by atoms with E-state index in [4.69, 9.17) is 19.9 Å². The first-order valence-electron chi connectivity index (χ1n) is 30.2. The van der Waals surface area contributed by atoms with Crippen molar-refractivity contribution in [2.75, 3.05) is 0 Å². The second-order valence-corrected chi connectivity index (χ2v) is 26.3. The Labute approximate surface area is 542 Å². The molecule has 4 heterocycles. The van der Waals surface area contributed by atoms with Crippen LogP contribution in [0.15, 0.2) is 249 Å². The van der Waals surface area contributed by atoms with Crippen LogP contribution in [0.3, 0.4) is 0 Å². The van der Waals surface area contributed by atoms with E-state index >= 15 is 0 Å². The van der Waals surface area contributed by atoms with E-state index < -0.39 is 0 Å². The van der Waals surface area contributed by atoms with Crippen LogP contribution in [0, 0.1) is 18.2 Å². The molecule has 89 heavy (non-hydrogen) atoms. The number of aromatic nitrogens is 6. The quantitative estimate of drug-likeness (QED) is 0.134. The van der Waals surface area contributed by atoms with Gasteiger partial charge in [-0.3, -0.25) is 0 Å². The van der Waals surface area contributed by atoms with Crippen LogP contribution in [0.2, 0.25) is 0 Å². The van der Waals surface area contributed by atoms with Gasteiger partial charge in [-0.25, -0.2) is 15.0 Å². The van der Waals surface area contributed by atoms with E-state index in [2.05, 4.69) is 245 Å². The van der Waals surface area contributed by atoms with Crippen molar-refractivity contribution in [1.29, 1.82) is 0 Å². The number of rotatable bonds is 9. The molecule has 0 saturated heterocycles. The zero-order valence-electron chi connectivity index (χ0n) is 53.2. The molecule has 0 fully saturated rings. The average molecular weight is 1340 g/mol. The molecule has 0 N–H and O–H groups in total. The predicted octanol–water partition coefficient (Wildman–Crippen LogP) is 21.0. The van der Waals surface area contributed by atoms with Crippen LogP contribution in [0.1, 0.15) is 105 Å². The molecule has 12 aromatic rings. The molecule has 0 amide bonds. The summed E-state index contributed by atoms with van der Waals surface area (Å²) >= 11 is 0. The summed E-state index contributed by atoms with van der Waals surface area (Å²) in [5.41, 5.74) is 20.9. The third-order valence-corrected chi connectivity index (χ3v) is 15.5. The van der Waals surface area contributed by atoms with Gasteiger partial charge in [0.2, 0.25) is 0 Å². The summed E-state index contributed by atoms with van der Waals surface area (Å²) in [7, 11) is 0. The fourth-order valence-corrected chi connectivity index (χ4v) is 10.1. The molecule has 7 heteroatoms. The maximum absolute atomic E-state index is 5.01. The molecule has 0 atom stereocenters. The topological polar surface area (TPSA) is 77.3 Å². The van der Waals surface area contributed by atoms with Crippen molar-refractivity contribution in [2.24, 2.45) is 0 Å². The Hall–Kier alpha value is -9.13. The van der Waals surface area contributed by atoms with E-state index in [1.54, 1.807) is 12.4 Å². The Morgan fingerprint density at radius 2 is 0.596 bits per heavy atom. The van der Waals surface area contributed by atoms with E-state index in [1.807, 2.05) is 103 Å². The van der Waals surface area contributed by atoms with Crippen LogP contribution < -0.4 is 0 Å². The van der Waals surface area contributed by atoms with Gasteiger partial charge < -0.3 is 15.0 Å². The van der Waals surface area contributed by atoms with Crippen LogP contribution in [-0.4, -0.2) is 29.9 Å². The maximum Gasteiger partial charge on any atom is 3.00 e. The molecule has 0 aliphatic heterocycles. The SMILES string of the molecule is CC(C)(C)c1ccc(-c2cc(-c3c[c-]c(-c4ccc(-c5nc(-c6ccc(C(C)(C)C)cc6)nc(-c6ccc(C(C)(C)C)cc6)n5)cn4)cc3)cc(-c3ccc(C(C)(C)C)cc3)c2)cc1.[Ir+3].[c-]1ccccc1-c1ccccn1.[c-]1ccccc1-c1ccccn1. The third-order valence-electron chi connectivity index (χ3n) is 15.5. The molecule has 0 unspecified atom stereocenters. The molecule has 4 aromatic heterocycles. The number of nitrogens with zero attached hydrogens (tertiary/aromatic N) is 6. The van der Waals surface area contributed by atoms with E-state index in [1.165, 1.54) is 44.5 Å². The fourth-order valence-electron chi connectivity index (χ4n) is 10.1. The van der Waals surface area contributed by atoms with Crippen molar-refractivity contribution in [3.05, 3.63) is 290 Å². The van der Waals surface area contributed by atoms with E-state index in [0.29, 0.717) is 17.5 Å². The first kappa shape index (κ1) is 64.3. The van der Waals surface area contributed by atoms with Gasteiger partial charge >= 0.3 is 20.1 Å². The normalized spacial score (nSPS) is 11.5. The van der Waals surface area contributed by atoms with Crippen LogP contribution in [0.5, 0.6) is 0 Å². The van der Waals surface area contributed by atoms with Gasteiger partial charge in [-0.1, -0.05) is 240 Å². The third kappa shape index (κ3) is 16.7. The number of pyridine rings is 3. The summed E-state index contributed by atoms with van der Waals surface area (Å²) < 4.78 is 0. The van der Waals surface area contributed by atoms with E-state index in [0.717, 1.165) is 61.6 Å². The summed E-state index contributed by atoms with van der Waals surface area (Å²) in [5.74, 6) is 1.84. The molecule has 0 aliphatic rings. The number of hydrogen-bond donors (Lipinski definition) is 0. The first-order chi connectivity index (χ1) is 42.1. The Kier molecular flexibility index (Phi) is 20.2. The monoisotopic (exact) mass is 1340 g/mol. The molecule has 0 bridgehead atoms. The van der Waals surface area contributed by atoms with Crippen molar-refractivity contribution < 1.29 is 20.1 Å². The van der Waals surface area contributed by atoms with Gasteiger partial charge in [0.1, 0.15) is 0 Å².